The number of aliphatic hydroxyl groups is 2. The van der Waals surface area contributed by atoms with Crippen LogP contribution in [-0.2, 0) is 14.3 Å². The molecule has 11 heavy (non-hydrogen) atoms. The van der Waals surface area contributed by atoms with Crippen molar-refractivity contribution in [3.8, 4) is 0 Å². The minimum Gasteiger partial charge on any atom is -0.473 e. The quantitative estimate of drug-likeness (QED) is 0.328. The van der Waals surface area contributed by atoms with E-state index in [1.165, 1.54) is 0 Å². The normalized spacial score (nSPS) is 12.2. The molecule has 1 unspecified atom stereocenters. The maximum Gasteiger partial charge on any atom is 0.417 e. The first-order chi connectivity index (χ1) is 5.07. The maximum atomic E-state index is 10.1. The highest BCUT2D eigenvalue weighted by molar-refractivity contribution is 6.28. The Kier molecular flexibility index (Phi) is 4.16. The minimum absolute atomic E-state index is 0.512. The van der Waals surface area contributed by atoms with E-state index in [1.54, 1.807) is 0 Å². The summed E-state index contributed by atoms with van der Waals surface area (Å²) in [6, 6.07) is 0. The van der Waals surface area contributed by atoms with Crippen LogP contribution in [0.5, 0.6) is 0 Å². The fourth-order valence-electron chi connectivity index (χ4n) is 0.286. The molecule has 0 aliphatic rings. The van der Waals surface area contributed by atoms with E-state index in [2.05, 4.69) is 4.74 Å². The number of hydrogen-bond donors (Lipinski definition) is 3. The van der Waals surface area contributed by atoms with E-state index in [1.807, 2.05) is 0 Å². The van der Waals surface area contributed by atoms with E-state index < -0.39 is 31.3 Å². The number of carboxylic acid groups (broad SMARTS) is 1. The van der Waals surface area contributed by atoms with Crippen LogP contribution < -0.4 is 0 Å². The third-order valence-corrected chi connectivity index (χ3v) is 0.792. The zero-order chi connectivity index (χ0) is 8.85. The molecule has 0 rings (SSSR count). The molecule has 0 aromatic rings. The van der Waals surface area contributed by atoms with Gasteiger partial charge in [-0.3, -0.25) is 0 Å². The molecule has 0 aromatic carbocycles. The zero-order valence-electron chi connectivity index (χ0n) is 5.56. The van der Waals surface area contributed by atoms with Crippen molar-refractivity contribution in [1.82, 2.24) is 0 Å². The van der Waals surface area contributed by atoms with Gasteiger partial charge in [-0.05, 0) is 0 Å². The Bertz CT molecular complexity index is 153. The summed E-state index contributed by atoms with van der Waals surface area (Å²) in [5.41, 5.74) is 0. The van der Waals surface area contributed by atoms with Crippen LogP contribution >= 0.6 is 0 Å². The SMILES string of the molecule is O=C(O)C(=O)OCC(O)CO. The largest absolute Gasteiger partial charge is 0.473 e. The van der Waals surface area contributed by atoms with E-state index in [0.717, 1.165) is 0 Å². The molecule has 3 N–H and O–H groups in total. The number of aliphatic carboxylic acids is 1. The summed E-state index contributed by atoms with van der Waals surface area (Å²) >= 11 is 0. The number of hydrogen-bond acceptors (Lipinski definition) is 5. The number of aliphatic hydroxyl groups excluding tert-OH is 2. The molecule has 0 aliphatic heterocycles. The molecule has 6 heteroatoms. The average Bonchev–Trinajstić information content (AvgIpc) is 1.99. The molecule has 0 amide bonds. The smallest absolute Gasteiger partial charge is 0.417 e. The summed E-state index contributed by atoms with van der Waals surface area (Å²) in [7, 11) is 0. The standard InChI is InChI=1S/C5H8O6/c6-1-3(7)2-11-5(10)4(8)9/h3,6-7H,1-2H2,(H,8,9). The second-order valence-corrected chi connectivity index (χ2v) is 1.74. The van der Waals surface area contributed by atoms with Crippen molar-refractivity contribution < 1.29 is 29.6 Å². The molecule has 0 radical (unpaired) electrons. The van der Waals surface area contributed by atoms with E-state index in [-0.39, 0.29) is 0 Å². The van der Waals surface area contributed by atoms with Crippen LogP contribution in [0.25, 0.3) is 0 Å². The molecule has 0 bridgehead atoms. The fraction of sp³-hybridized carbons (Fsp3) is 0.600. The number of ether oxygens (including phenoxy) is 1. The van der Waals surface area contributed by atoms with Gasteiger partial charge in [-0.15, -0.1) is 0 Å². The number of carbonyl (C=O) groups is 2. The number of esters is 1. The lowest BCUT2D eigenvalue weighted by atomic mass is 10.4. The number of carbonyl (C=O) groups excluding carboxylic acids is 1. The molecule has 0 spiro atoms. The lowest BCUT2D eigenvalue weighted by Crippen LogP contribution is -2.25. The van der Waals surface area contributed by atoms with Crippen molar-refractivity contribution in [2.24, 2.45) is 0 Å². The van der Waals surface area contributed by atoms with Gasteiger partial charge in [-0.2, -0.15) is 0 Å². The maximum absolute atomic E-state index is 10.1. The molecule has 6 nitrogen and oxygen atoms in total. The summed E-state index contributed by atoms with van der Waals surface area (Å²) in [4.78, 5) is 19.9. The summed E-state index contributed by atoms with van der Waals surface area (Å²) in [6.07, 6.45) is -1.22. The summed E-state index contributed by atoms with van der Waals surface area (Å²) < 4.78 is 4.01. The van der Waals surface area contributed by atoms with Gasteiger partial charge in [-0.1, -0.05) is 0 Å². The van der Waals surface area contributed by atoms with Crippen LogP contribution in [0, 0.1) is 0 Å². The van der Waals surface area contributed by atoms with Crippen LogP contribution in [0.1, 0.15) is 0 Å². The van der Waals surface area contributed by atoms with E-state index in [0.29, 0.717) is 0 Å². The van der Waals surface area contributed by atoms with Gasteiger partial charge in [0, 0.05) is 0 Å². The minimum atomic E-state index is -1.73. The third-order valence-electron chi connectivity index (χ3n) is 0.792. The molecule has 0 saturated heterocycles. The number of carboxylic acids is 1. The highest BCUT2D eigenvalue weighted by Gasteiger charge is 2.14. The Hall–Kier alpha value is -1.14. The second-order valence-electron chi connectivity index (χ2n) is 1.74. The molecular formula is C5H8O6. The van der Waals surface area contributed by atoms with Crippen molar-refractivity contribution in [3.63, 3.8) is 0 Å². The number of rotatable bonds is 3. The first-order valence-corrected chi connectivity index (χ1v) is 2.77. The summed E-state index contributed by atoms with van der Waals surface area (Å²) in [6.45, 7) is -1.09. The molecule has 1 atom stereocenters. The first kappa shape index (κ1) is 9.86. The van der Waals surface area contributed by atoms with Crippen LogP contribution in [-0.4, -0.2) is 46.6 Å². The summed E-state index contributed by atoms with van der Waals surface area (Å²) in [5, 5.41) is 24.7. The molecule has 0 saturated carbocycles. The third kappa shape index (κ3) is 4.29. The van der Waals surface area contributed by atoms with Gasteiger partial charge >= 0.3 is 11.9 Å². The predicted molar refractivity (Wildman–Crippen MR) is 31.7 cm³/mol. The van der Waals surface area contributed by atoms with Crippen LogP contribution in [0.2, 0.25) is 0 Å². The Morgan fingerprint density at radius 3 is 2.36 bits per heavy atom. The Morgan fingerprint density at radius 1 is 1.45 bits per heavy atom. The highest BCUT2D eigenvalue weighted by Crippen LogP contribution is 1.84. The predicted octanol–water partition coefficient (Wildman–Crippen LogP) is -2.03. The average molecular weight is 164 g/mol. The Morgan fingerprint density at radius 2 is 2.00 bits per heavy atom. The van der Waals surface area contributed by atoms with Gasteiger partial charge in [-0.25, -0.2) is 9.59 Å². The fourth-order valence-corrected chi connectivity index (χ4v) is 0.286. The molecule has 0 heterocycles. The highest BCUT2D eigenvalue weighted by atomic mass is 16.6. The Balaban J connectivity index is 3.54. The molecule has 0 aliphatic carbocycles. The van der Waals surface area contributed by atoms with Crippen molar-refractivity contribution >= 4 is 11.9 Å². The van der Waals surface area contributed by atoms with Gasteiger partial charge in [0.25, 0.3) is 0 Å². The monoisotopic (exact) mass is 164 g/mol. The first-order valence-electron chi connectivity index (χ1n) is 2.77. The molecule has 0 fully saturated rings. The van der Waals surface area contributed by atoms with E-state index >= 15 is 0 Å². The van der Waals surface area contributed by atoms with Gasteiger partial charge < -0.3 is 20.1 Å². The van der Waals surface area contributed by atoms with E-state index in [4.69, 9.17) is 15.3 Å². The molecule has 64 valence electrons. The molecule has 0 aromatic heterocycles. The van der Waals surface area contributed by atoms with Gasteiger partial charge in [0.05, 0.1) is 6.61 Å². The van der Waals surface area contributed by atoms with Crippen molar-refractivity contribution in [3.05, 3.63) is 0 Å². The van der Waals surface area contributed by atoms with Gasteiger partial charge in [0.2, 0.25) is 0 Å². The van der Waals surface area contributed by atoms with Crippen molar-refractivity contribution in [2.45, 2.75) is 6.10 Å². The molecular weight excluding hydrogens is 156 g/mol. The van der Waals surface area contributed by atoms with Gasteiger partial charge in [0.15, 0.2) is 0 Å². The zero-order valence-corrected chi connectivity index (χ0v) is 5.56. The van der Waals surface area contributed by atoms with Crippen LogP contribution in [0.3, 0.4) is 0 Å². The summed E-state index contributed by atoms with van der Waals surface area (Å²) in [5.74, 6) is -3.17. The Labute approximate surface area is 62.0 Å². The van der Waals surface area contributed by atoms with E-state index in [9.17, 15) is 9.59 Å². The lowest BCUT2D eigenvalue weighted by molar-refractivity contribution is -0.166. The second kappa shape index (κ2) is 4.64. The lowest BCUT2D eigenvalue weighted by Gasteiger charge is -2.05. The van der Waals surface area contributed by atoms with Crippen molar-refractivity contribution in [2.75, 3.05) is 13.2 Å². The van der Waals surface area contributed by atoms with Gasteiger partial charge in [0.1, 0.15) is 12.7 Å². The van der Waals surface area contributed by atoms with Crippen LogP contribution in [0.4, 0.5) is 0 Å². The van der Waals surface area contributed by atoms with Crippen LogP contribution in [0.15, 0.2) is 0 Å². The topological polar surface area (TPSA) is 104 Å². The van der Waals surface area contributed by atoms with Crippen molar-refractivity contribution in [1.29, 1.82) is 0 Å².